The van der Waals surface area contributed by atoms with Crippen LogP contribution in [-0.2, 0) is 16.6 Å². The molecule has 0 aliphatic heterocycles. The molecule has 1 saturated carbocycles. The fourth-order valence-electron chi connectivity index (χ4n) is 2.85. The summed E-state index contributed by atoms with van der Waals surface area (Å²) in [6.45, 7) is 2.52. The number of carbonyl (C=O) groups excluding carboxylic acids is 2. The summed E-state index contributed by atoms with van der Waals surface area (Å²) in [5, 5.41) is 6.87. The Balaban J connectivity index is 1.72. The quantitative estimate of drug-likeness (QED) is 0.707. The highest BCUT2D eigenvalue weighted by atomic mass is 16.5. The Morgan fingerprint density at radius 2 is 2.17 bits per heavy atom. The number of amides is 1. The fourth-order valence-corrected chi connectivity index (χ4v) is 2.85. The van der Waals surface area contributed by atoms with Crippen molar-refractivity contribution in [2.45, 2.75) is 51.0 Å². The number of ether oxygens (including phenoxy) is 1. The van der Waals surface area contributed by atoms with Crippen LogP contribution in [0.15, 0.2) is 12.4 Å². The third kappa shape index (κ3) is 5.16. The Bertz CT molecular complexity index is 551. The number of ketones is 1. The Morgan fingerprint density at radius 3 is 2.70 bits per heavy atom. The SMILES string of the molecule is COC(C)(CNC(=O)CCC(=O)c1cnn(C)c1)CC1CCC1. The summed E-state index contributed by atoms with van der Waals surface area (Å²) in [5.41, 5.74) is 0.223. The molecule has 1 atom stereocenters. The Labute approximate surface area is 137 Å². The molecular weight excluding hydrogens is 294 g/mol. The molecule has 6 nitrogen and oxygen atoms in total. The molecule has 0 bridgehead atoms. The number of aryl methyl sites for hydroxylation is 1. The van der Waals surface area contributed by atoms with Crippen LogP contribution >= 0.6 is 0 Å². The van der Waals surface area contributed by atoms with Gasteiger partial charge in [0.2, 0.25) is 5.91 Å². The topological polar surface area (TPSA) is 73.2 Å². The van der Waals surface area contributed by atoms with Crippen LogP contribution in [0.3, 0.4) is 0 Å². The van der Waals surface area contributed by atoms with Gasteiger partial charge in [0, 0.05) is 39.7 Å². The number of carbonyl (C=O) groups is 2. The van der Waals surface area contributed by atoms with Crippen molar-refractivity contribution in [3.05, 3.63) is 18.0 Å². The van der Waals surface area contributed by atoms with Crippen LogP contribution in [0.25, 0.3) is 0 Å². The van der Waals surface area contributed by atoms with E-state index in [0.717, 1.165) is 6.42 Å². The lowest BCUT2D eigenvalue weighted by Crippen LogP contribution is -2.44. The molecule has 1 unspecified atom stereocenters. The van der Waals surface area contributed by atoms with Gasteiger partial charge in [0.15, 0.2) is 5.78 Å². The largest absolute Gasteiger partial charge is 0.377 e. The smallest absolute Gasteiger partial charge is 0.220 e. The summed E-state index contributed by atoms with van der Waals surface area (Å²) in [6.07, 6.45) is 8.37. The van der Waals surface area contributed by atoms with Gasteiger partial charge in [-0.2, -0.15) is 5.10 Å². The highest BCUT2D eigenvalue weighted by Crippen LogP contribution is 2.34. The molecule has 1 fully saturated rings. The lowest BCUT2D eigenvalue weighted by molar-refractivity contribution is -0.122. The summed E-state index contributed by atoms with van der Waals surface area (Å²) in [6, 6.07) is 0. The van der Waals surface area contributed by atoms with Gasteiger partial charge in [-0.05, 0) is 19.3 Å². The van der Waals surface area contributed by atoms with E-state index in [1.165, 1.54) is 25.5 Å². The van der Waals surface area contributed by atoms with Gasteiger partial charge < -0.3 is 10.1 Å². The molecule has 0 aromatic carbocycles. The van der Waals surface area contributed by atoms with Gasteiger partial charge in [-0.1, -0.05) is 19.3 Å². The maximum atomic E-state index is 12.0. The minimum atomic E-state index is -0.325. The van der Waals surface area contributed by atoms with E-state index in [-0.39, 0.29) is 30.1 Å². The zero-order valence-electron chi connectivity index (χ0n) is 14.3. The normalized spacial score (nSPS) is 17.3. The van der Waals surface area contributed by atoms with E-state index >= 15 is 0 Å². The molecule has 1 N–H and O–H groups in total. The van der Waals surface area contributed by atoms with Crippen LogP contribution in [0.1, 0.15) is 55.8 Å². The van der Waals surface area contributed by atoms with Crippen LogP contribution in [0.5, 0.6) is 0 Å². The molecule has 2 rings (SSSR count). The molecule has 1 heterocycles. The Kier molecular flexibility index (Phi) is 5.93. The van der Waals surface area contributed by atoms with Crippen molar-refractivity contribution in [2.75, 3.05) is 13.7 Å². The van der Waals surface area contributed by atoms with Gasteiger partial charge in [0.25, 0.3) is 0 Å². The predicted octanol–water partition coefficient (Wildman–Crippen LogP) is 2.09. The van der Waals surface area contributed by atoms with Crippen LogP contribution in [-0.4, -0.2) is 40.7 Å². The van der Waals surface area contributed by atoms with Crippen molar-refractivity contribution in [3.8, 4) is 0 Å². The molecular formula is C17H27N3O3. The maximum absolute atomic E-state index is 12.0. The first-order valence-electron chi connectivity index (χ1n) is 8.25. The molecule has 0 saturated heterocycles. The highest BCUT2D eigenvalue weighted by molar-refractivity contribution is 5.97. The summed E-state index contributed by atoms with van der Waals surface area (Å²) in [7, 11) is 3.45. The minimum Gasteiger partial charge on any atom is -0.377 e. The molecule has 128 valence electrons. The Morgan fingerprint density at radius 1 is 1.43 bits per heavy atom. The standard InChI is InChI=1S/C17H27N3O3/c1-17(23-3,9-13-5-4-6-13)12-18-16(22)8-7-15(21)14-10-19-20(2)11-14/h10-11,13H,4-9,12H2,1-3H3,(H,18,22). The second-order valence-electron chi connectivity index (χ2n) is 6.76. The summed E-state index contributed by atoms with van der Waals surface area (Å²) < 4.78 is 7.18. The van der Waals surface area contributed by atoms with Crippen LogP contribution < -0.4 is 5.32 Å². The number of hydrogen-bond donors (Lipinski definition) is 1. The summed E-state index contributed by atoms with van der Waals surface area (Å²) in [4.78, 5) is 23.9. The minimum absolute atomic E-state index is 0.0581. The zero-order chi connectivity index (χ0) is 16.9. The van der Waals surface area contributed by atoms with Gasteiger partial charge in [-0.25, -0.2) is 0 Å². The molecule has 6 heteroatoms. The van der Waals surface area contributed by atoms with Crippen molar-refractivity contribution in [2.24, 2.45) is 13.0 Å². The number of nitrogens with one attached hydrogen (secondary N) is 1. The fraction of sp³-hybridized carbons (Fsp3) is 0.706. The van der Waals surface area contributed by atoms with Crippen molar-refractivity contribution in [3.63, 3.8) is 0 Å². The summed E-state index contributed by atoms with van der Waals surface area (Å²) in [5.74, 6) is 0.542. The molecule has 1 aliphatic carbocycles. The third-order valence-electron chi connectivity index (χ3n) is 4.70. The molecule has 0 spiro atoms. The molecule has 23 heavy (non-hydrogen) atoms. The van der Waals surface area contributed by atoms with Gasteiger partial charge in [0.1, 0.15) is 0 Å². The van der Waals surface area contributed by atoms with E-state index in [0.29, 0.717) is 18.0 Å². The monoisotopic (exact) mass is 321 g/mol. The number of hydrogen-bond acceptors (Lipinski definition) is 4. The molecule has 1 aromatic heterocycles. The van der Waals surface area contributed by atoms with E-state index < -0.39 is 0 Å². The maximum Gasteiger partial charge on any atom is 0.220 e. The van der Waals surface area contributed by atoms with Gasteiger partial charge in [0.05, 0.1) is 17.4 Å². The third-order valence-corrected chi connectivity index (χ3v) is 4.70. The van der Waals surface area contributed by atoms with Crippen LogP contribution in [0, 0.1) is 5.92 Å². The Hall–Kier alpha value is -1.69. The number of rotatable bonds is 9. The number of nitrogens with zero attached hydrogens (tertiary/aromatic N) is 2. The molecule has 1 aromatic rings. The predicted molar refractivity (Wildman–Crippen MR) is 87.2 cm³/mol. The van der Waals surface area contributed by atoms with Crippen molar-refractivity contribution in [1.82, 2.24) is 15.1 Å². The van der Waals surface area contributed by atoms with Crippen molar-refractivity contribution >= 4 is 11.7 Å². The van der Waals surface area contributed by atoms with Crippen molar-refractivity contribution < 1.29 is 14.3 Å². The lowest BCUT2D eigenvalue weighted by Gasteiger charge is -2.36. The van der Waals surface area contributed by atoms with Crippen LogP contribution in [0.2, 0.25) is 0 Å². The van der Waals surface area contributed by atoms with Gasteiger partial charge >= 0.3 is 0 Å². The van der Waals surface area contributed by atoms with E-state index in [1.54, 1.807) is 25.0 Å². The van der Waals surface area contributed by atoms with E-state index in [2.05, 4.69) is 10.4 Å². The summed E-state index contributed by atoms with van der Waals surface area (Å²) >= 11 is 0. The molecule has 0 radical (unpaired) electrons. The second kappa shape index (κ2) is 7.73. The first-order valence-corrected chi connectivity index (χ1v) is 8.25. The van der Waals surface area contributed by atoms with E-state index in [9.17, 15) is 9.59 Å². The van der Waals surface area contributed by atoms with Gasteiger partial charge in [-0.3, -0.25) is 14.3 Å². The lowest BCUT2D eigenvalue weighted by atomic mass is 9.77. The highest BCUT2D eigenvalue weighted by Gasteiger charge is 2.31. The average molecular weight is 321 g/mol. The van der Waals surface area contributed by atoms with Crippen molar-refractivity contribution in [1.29, 1.82) is 0 Å². The number of Topliss-reactive ketones (excluding diaryl/α,β-unsaturated/α-hetero) is 1. The number of methoxy groups -OCH3 is 1. The number of aromatic nitrogens is 2. The zero-order valence-corrected chi connectivity index (χ0v) is 14.3. The van der Waals surface area contributed by atoms with Gasteiger partial charge in [-0.15, -0.1) is 0 Å². The van der Waals surface area contributed by atoms with E-state index in [4.69, 9.17) is 4.74 Å². The molecule has 1 aliphatic rings. The second-order valence-corrected chi connectivity index (χ2v) is 6.76. The van der Waals surface area contributed by atoms with Crippen LogP contribution in [0.4, 0.5) is 0 Å². The average Bonchev–Trinajstić information content (AvgIpc) is 2.93. The first kappa shape index (κ1) is 17.7. The first-order chi connectivity index (χ1) is 10.9. The molecule has 1 amide bonds. The van der Waals surface area contributed by atoms with E-state index in [1.807, 2.05) is 6.92 Å².